The second-order valence-corrected chi connectivity index (χ2v) is 3.61. The molecule has 0 fully saturated rings. The Kier molecular flexibility index (Phi) is 4.59. The van der Waals surface area contributed by atoms with Crippen molar-refractivity contribution in [2.45, 2.75) is 19.4 Å². The van der Waals surface area contributed by atoms with Gasteiger partial charge in [0, 0.05) is 19.8 Å². The largest absolute Gasteiger partial charge is 0.497 e. The molecule has 0 spiro atoms. The smallest absolute Gasteiger partial charge is 0.119 e. The van der Waals surface area contributed by atoms with Gasteiger partial charge < -0.3 is 15.2 Å². The van der Waals surface area contributed by atoms with E-state index in [4.69, 9.17) is 15.2 Å². The summed E-state index contributed by atoms with van der Waals surface area (Å²) >= 11 is 0. The SMILES string of the molecule is COCCC(N)c1ccc(OC)cc1C. The number of hydrogen-bond acceptors (Lipinski definition) is 3. The van der Waals surface area contributed by atoms with E-state index in [-0.39, 0.29) is 6.04 Å². The molecule has 2 N–H and O–H groups in total. The number of nitrogens with two attached hydrogens (primary N) is 1. The van der Waals surface area contributed by atoms with Crippen molar-refractivity contribution in [3.8, 4) is 5.75 Å². The third-order valence-corrected chi connectivity index (χ3v) is 2.51. The summed E-state index contributed by atoms with van der Waals surface area (Å²) in [7, 11) is 3.35. The van der Waals surface area contributed by atoms with Crippen LogP contribution in [0.3, 0.4) is 0 Å². The standard InChI is InChI=1S/C12H19NO2/c1-9-8-10(15-3)4-5-11(9)12(13)6-7-14-2/h4-5,8,12H,6-7,13H2,1-3H3. The summed E-state index contributed by atoms with van der Waals surface area (Å²) in [5.74, 6) is 0.871. The van der Waals surface area contributed by atoms with E-state index in [1.54, 1.807) is 14.2 Å². The summed E-state index contributed by atoms with van der Waals surface area (Å²) in [6, 6.07) is 6.00. The molecule has 0 amide bonds. The molecule has 0 aliphatic heterocycles. The molecule has 3 heteroatoms. The van der Waals surface area contributed by atoms with Crippen molar-refractivity contribution in [3.05, 3.63) is 29.3 Å². The van der Waals surface area contributed by atoms with Crippen LogP contribution in [0.25, 0.3) is 0 Å². The van der Waals surface area contributed by atoms with E-state index in [0.717, 1.165) is 23.3 Å². The minimum Gasteiger partial charge on any atom is -0.497 e. The Morgan fingerprint density at radius 1 is 1.33 bits per heavy atom. The molecule has 1 unspecified atom stereocenters. The Balaban J connectivity index is 2.76. The zero-order chi connectivity index (χ0) is 11.3. The van der Waals surface area contributed by atoms with Crippen LogP contribution in [0, 0.1) is 6.92 Å². The van der Waals surface area contributed by atoms with Crippen LogP contribution >= 0.6 is 0 Å². The van der Waals surface area contributed by atoms with E-state index in [1.807, 2.05) is 25.1 Å². The second-order valence-electron chi connectivity index (χ2n) is 3.61. The molecule has 3 nitrogen and oxygen atoms in total. The summed E-state index contributed by atoms with van der Waals surface area (Å²) in [5, 5.41) is 0. The van der Waals surface area contributed by atoms with E-state index < -0.39 is 0 Å². The Bertz CT molecular complexity index is 312. The first-order chi connectivity index (χ1) is 7.19. The van der Waals surface area contributed by atoms with Gasteiger partial charge in [0.25, 0.3) is 0 Å². The predicted octanol–water partition coefficient (Wildman–Crippen LogP) is 2.04. The van der Waals surface area contributed by atoms with Gasteiger partial charge in [-0.3, -0.25) is 0 Å². The maximum Gasteiger partial charge on any atom is 0.119 e. The lowest BCUT2D eigenvalue weighted by atomic mass is 9.99. The summed E-state index contributed by atoms with van der Waals surface area (Å²) in [5.41, 5.74) is 8.38. The van der Waals surface area contributed by atoms with Gasteiger partial charge in [0.05, 0.1) is 7.11 Å². The molecular formula is C12H19NO2. The van der Waals surface area contributed by atoms with Crippen LogP contribution in [0.15, 0.2) is 18.2 Å². The Morgan fingerprint density at radius 3 is 2.60 bits per heavy atom. The molecule has 0 radical (unpaired) electrons. The highest BCUT2D eigenvalue weighted by molar-refractivity contribution is 5.36. The highest BCUT2D eigenvalue weighted by atomic mass is 16.5. The Labute approximate surface area is 91.2 Å². The molecule has 0 aliphatic carbocycles. The molecule has 0 aliphatic rings. The zero-order valence-electron chi connectivity index (χ0n) is 9.62. The van der Waals surface area contributed by atoms with Crippen LogP contribution in [0.1, 0.15) is 23.6 Å². The first-order valence-corrected chi connectivity index (χ1v) is 5.08. The van der Waals surface area contributed by atoms with Gasteiger partial charge in [0.1, 0.15) is 5.75 Å². The quantitative estimate of drug-likeness (QED) is 0.807. The maximum atomic E-state index is 6.05. The van der Waals surface area contributed by atoms with Crippen molar-refractivity contribution in [2.24, 2.45) is 5.73 Å². The lowest BCUT2D eigenvalue weighted by Crippen LogP contribution is -2.13. The van der Waals surface area contributed by atoms with Gasteiger partial charge in [-0.25, -0.2) is 0 Å². The van der Waals surface area contributed by atoms with Crippen molar-refractivity contribution >= 4 is 0 Å². The third-order valence-electron chi connectivity index (χ3n) is 2.51. The molecule has 0 heterocycles. The van der Waals surface area contributed by atoms with Gasteiger partial charge in [0.15, 0.2) is 0 Å². The fourth-order valence-electron chi connectivity index (χ4n) is 1.59. The summed E-state index contributed by atoms with van der Waals surface area (Å²) in [6.07, 6.45) is 0.837. The number of methoxy groups -OCH3 is 2. The highest BCUT2D eigenvalue weighted by Gasteiger charge is 2.09. The van der Waals surface area contributed by atoms with E-state index in [9.17, 15) is 0 Å². The fraction of sp³-hybridized carbons (Fsp3) is 0.500. The van der Waals surface area contributed by atoms with Crippen LogP contribution in [-0.2, 0) is 4.74 Å². The molecular weight excluding hydrogens is 190 g/mol. The van der Waals surface area contributed by atoms with Gasteiger partial charge in [0.2, 0.25) is 0 Å². The minimum absolute atomic E-state index is 0.0378. The molecule has 0 saturated heterocycles. The zero-order valence-corrected chi connectivity index (χ0v) is 9.62. The van der Waals surface area contributed by atoms with Gasteiger partial charge in [-0.15, -0.1) is 0 Å². The lowest BCUT2D eigenvalue weighted by Gasteiger charge is -2.15. The van der Waals surface area contributed by atoms with E-state index >= 15 is 0 Å². The number of ether oxygens (including phenoxy) is 2. The van der Waals surface area contributed by atoms with Crippen molar-refractivity contribution in [1.29, 1.82) is 0 Å². The van der Waals surface area contributed by atoms with Gasteiger partial charge in [-0.1, -0.05) is 6.07 Å². The molecule has 0 saturated carbocycles. The minimum atomic E-state index is 0.0378. The average Bonchev–Trinajstić information content (AvgIpc) is 2.25. The molecule has 1 aromatic rings. The van der Waals surface area contributed by atoms with Crippen molar-refractivity contribution in [1.82, 2.24) is 0 Å². The Morgan fingerprint density at radius 2 is 2.07 bits per heavy atom. The van der Waals surface area contributed by atoms with Gasteiger partial charge in [-0.2, -0.15) is 0 Å². The number of benzene rings is 1. The maximum absolute atomic E-state index is 6.05. The highest BCUT2D eigenvalue weighted by Crippen LogP contribution is 2.22. The number of hydrogen-bond donors (Lipinski definition) is 1. The van der Waals surface area contributed by atoms with Gasteiger partial charge >= 0.3 is 0 Å². The fourth-order valence-corrected chi connectivity index (χ4v) is 1.59. The first-order valence-electron chi connectivity index (χ1n) is 5.08. The van der Waals surface area contributed by atoms with Crippen molar-refractivity contribution in [2.75, 3.05) is 20.8 Å². The van der Waals surface area contributed by atoms with Crippen molar-refractivity contribution < 1.29 is 9.47 Å². The van der Waals surface area contributed by atoms with E-state index in [0.29, 0.717) is 6.61 Å². The van der Waals surface area contributed by atoms with E-state index in [1.165, 1.54) is 0 Å². The van der Waals surface area contributed by atoms with Crippen LogP contribution < -0.4 is 10.5 Å². The summed E-state index contributed by atoms with van der Waals surface area (Å²) in [6.45, 7) is 2.73. The van der Waals surface area contributed by atoms with Gasteiger partial charge in [-0.05, 0) is 36.6 Å². The molecule has 0 aromatic heterocycles. The third kappa shape index (κ3) is 3.22. The normalized spacial score (nSPS) is 12.5. The molecule has 15 heavy (non-hydrogen) atoms. The number of rotatable bonds is 5. The first kappa shape index (κ1) is 12.0. The Hall–Kier alpha value is -1.06. The van der Waals surface area contributed by atoms with Crippen LogP contribution in [0.2, 0.25) is 0 Å². The average molecular weight is 209 g/mol. The molecule has 84 valence electrons. The number of aryl methyl sites for hydroxylation is 1. The van der Waals surface area contributed by atoms with Crippen LogP contribution in [0.5, 0.6) is 5.75 Å². The molecule has 1 aromatic carbocycles. The molecule has 1 atom stereocenters. The predicted molar refractivity (Wildman–Crippen MR) is 61.2 cm³/mol. The molecule has 1 rings (SSSR count). The second kappa shape index (κ2) is 5.73. The monoisotopic (exact) mass is 209 g/mol. The molecule has 0 bridgehead atoms. The van der Waals surface area contributed by atoms with Crippen molar-refractivity contribution in [3.63, 3.8) is 0 Å². The van der Waals surface area contributed by atoms with Crippen LogP contribution in [-0.4, -0.2) is 20.8 Å². The topological polar surface area (TPSA) is 44.5 Å². The van der Waals surface area contributed by atoms with E-state index in [2.05, 4.69) is 0 Å². The summed E-state index contributed by atoms with van der Waals surface area (Å²) < 4.78 is 10.2. The lowest BCUT2D eigenvalue weighted by molar-refractivity contribution is 0.188. The van der Waals surface area contributed by atoms with Crippen LogP contribution in [0.4, 0.5) is 0 Å². The summed E-state index contributed by atoms with van der Waals surface area (Å²) in [4.78, 5) is 0.